The van der Waals surface area contributed by atoms with Gasteiger partial charge in [-0.1, -0.05) is 29.8 Å². The van der Waals surface area contributed by atoms with E-state index in [0.717, 1.165) is 11.3 Å². The van der Waals surface area contributed by atoms with Crippen molar-refractivity contribution in [2.75, 3.05) is 13.1 Å². The molecule has 1 aliphatic rings. The molecule has 31 heavy (non-hydrogen) atoms. The molecule has 2 amide bonds. The first-order valence-corrected chi connectivity index (χ1v) is 9.83. The number of carbonyl (C=O) groups is 2. The summed E-state index contributed by atoms with van der Waals surface area (Å²) in [7, 11) is 0. The lowest BCUT2D eigenvalue weighted by Gasteiger charge is -2.41. The molecule has 0 aliphatic carbocycles. The number of quaternary nitrogens is 1. The maximum absolute atomic E-state index is 13.5. The Labute approximate surface area is 190 Å². The molecule has 1 unspecified atom stereocenters. The molecule has 4 rings (SSSR count). The SMILES string of the molecule is Cl.N#Cc1ccc(C[N+]2(c3cccc(Cl)c3)CCN(Cc3cnc[nH]3)C(=O)C2=O)cc1. The second kappa shape index (κ2) is 9.31. The number of aromatic nitrogens is 2. The predicted molar refractivity (Wildman–Crippen MR) is 119 cm³/mol. The molecule has 2 heterocycles. The first kappa shape index (κ1) is 22.5. The van der Waals surface area contributed by atoms with Gasteiger partial charge in [-0.25, -0.2) is 14.3 Å². The Balaban J connectivity index is 0.00000272. The number of halogens is 2. The molecule has 7 nitrogen and oxygen atoms in total. The van der Waals surface area contributed by atoms with Crippen molar-refractivity contribution in [3.63, 3.8) is 0 Å². The van der Waals surface area contributed by atoms with E-state index < -0.39 is 11.8 Å². The van der Waals surface area contributed by atoms with Crippen LogP contribution in [0.4, 0.5) is 5.69 Å². The molecule has 0 radical (unpaired) electrons. The van der Waals surface area contributed by atoms with E-state index in [2.05, 4.69) is 16.0 Å². The van der Waals surface area contributed by atoms with Crippen molar-refractivity contribution >= 4 is 41.5 Å². The van der Waals surface area contributed by atoms with Gasteiger partial charge in [0, 0.05) is 22.8 Å². The number of carbonyl (C=O) groups excluding carboxylic acids is 2. The van der Waals surface area contributed by atoms with Crippen LogP contribution >= 0.6 is 24.0 Å². The number of rotatable bonds is 5. The highest BCUT2D eigenvalue weighted by Crippen LogP contribution is 2.32. The number of nitriles is 1. The normalized spacial score (nSPS) is 18.4. The Kier molecular flexibility index (Phi) is 6.76. The summed E-state index contributed by atoms with van der Waals surface area (Å²) in [6.45, 7) is 1.43. The van der Waals surface area contributed by atoms with E-state index in [-0.39, 0.29) is 16.9 Å². The van der Waals surface area contributed by atoms with Crippen LogP contribution in [0.15, 0.2) is 61.1 Å². The lowest BCUT2D eigenvalue weighted by atomic mass is 10.1. The van der Waals surface area contributed by atoms with Gasteiger partial charge in [0.25, 0.3) is 0 Å². The third-order valence-corrected chi connectivity index (χ3v) is 5.60. The van der Waals surface area contributed by atoms with E-state index in [9.17, 15) is 9.59 Å². The molecular formula is C22H20Cl2N5O2+. The van der Waals surface area contributed by atoms with Crippen molar-refractivity contribution < 1.29 is 9.59 Å². The predicted octanol–water partition coefficient (Wildman–Crippen LogP) is 3.43. The third-order valence-electron chi connectivity index (χ3n) is 5.36. The van der Waals surface area contributed by atoms with Crippen molar-refractivity contribution in [1.29, 1.82) is 5.26 Å². The average Bonchev–Trinajstić information content (AvgIpc) is 3.27. The fourth-order valence-corrected chi connectivity index (χ4v) is 3.95. The zero-order chi connectivity index (χ0) is 21.1. The number of H-pyrrole nitrogens is 1. The number of piperazine rings is 1. The summed E-state index contributed by atoms with van der Waals surface area (Å²) in [4.78, 5) is 35.0. The molecule has 1 aliphatic heterocycles. The van der Waals surface area contributed by atoms with Crippen molar-refractivity contribution in [3.8, 4) is 6.07 Å². The van der Waals surface area contributed by atoms with Crippen LogP contribution in [0.2, 0.25) is 5.02 Å². The zero-order valence-corrected chi connectivity index (χ0v) is 18.1. The minimum Gasteiger partial charge on any atom is -0.347 e. The summed E-state index contributed by atoms with van der Waals surface area (Å²) in [5, 5.41) is 9.55. The van der Waals surface area contributed by atoms with Crippen molar-refractivity contribution in [1.82, 2.24) is 19.4 Å². The zero-order valence-electron chi connectivity index (χ0n) is 16.5. The molecule has 158 valence electrons. The number of imidazole rings is 1. The van der Waals surface area contributed by atoms with Crippen LogP contribution in [0.3, 0.4) is 0 Å². The van der Waals surface area contributed by atoms with Crippen LogP contribution < -0.4 is 4.48 Å². The molecule has 0 spiro atoms. The molecule has 3 aromatic rings. The summed E-state index contributed by atoms with van der Waals surface area (Å²) in [5.41, 5.74) is 2.84. The van der Waals surface area contributed by atoms with Gasteiger partial charge < -0.3 is 9.88 Å². The van der Waals surface area contributed by atoms with E-state index in [0.29, 0.717) is 42.5 Å². The summed E-state index contributed by atoms with van der Waals surface area (Å²) in [6.07, 6.45) is 3.19. The highest BCUT2D eigenvalue weighted by Gasteiger charge is 2.49. The van der Waals surface area contributed by atoms with Gasteiger partial charge in [-0.2, -0.15) is 5.26 Å². The number of benzene rings is 2. The molecule has 1 N–H and O–H groups in total. The summed E-state index contributed by atoms with van der Waals surface area (Å²) in [5.74, 6) is -1.04. The van der Waals surface area contributed by atoms with Crippen LogP contribution in [0, 0.1) is 11.3 Å². The van der Waals surface area contributed by atoms with E-state index >= 15 is 0 Å². The average molecular weight is 457 g/mol. The van der Waals surface area contributed by atoms with E-state index in [1.54, 1.807) is 42.9 Å². The minimum absolute atomic E-state index is 0. The maximum Gasteiger partial charge on any atom is 0.409 e. The van der Waals surface area contributed by atoms with Crippen molar-refractivity contribution in [3.05, 3.63) is 82.9 Å². The molecule has 1 saturated heterocycles. The van der Waals surface area contributed by atoms with Crippen LogP contribution in [0.25, 0.3) is 0 Å². The van der Waals surface area contributed by atoms with Gasteiger partial charge in [0.05, 0.1) is 36.7 Å². The van der Waals surface area contributed by atoms with E-state index in [4.69, 9.17) is 16.9 Å². The van der Waals surface area contributed by atoms with Gasteiger partial charge in [0.1, 0.15) is 18.8 Å². The highest BCUT2D eigenvalue weighted by molar-refractivity contribution is 6.39. The quantitative estimate of drug-likeness (QED) is 0.470. The molecule has 1 atom stereocenters. The van der Waals surface area contributed by atoms with Gasteiger partial charge >= 0.3 is 11.8 Å². The molecular weight excluding hydrogens is 437 g/mol. The van der Waals surface area contributed by atoms with Crippen LogP contribution in [-0.2, 0) is 22.7 Å². The molecule has 0 saturated carbocycles. The summed E-state index contributed by atoms with van der Waals surface area (Å²) >= 11 is 6.21. The van der Waals surface area contributed by atoms with Crippen molar-refractivity contribution in [2.24, 2.45) is 0 Å². The fraction of sp³-hybridized carbons (Fsp3) is 0.182. The topological polar surface area (TPSA) is 89.8 Å². The Morgan fingerprint density at radius 3 is 2.61 bits per heavy atom. The summed E-state index contributed by atoms with van der Waals surface area (Å²) in [6, 6.07) is 16.2. The Morgan fingerprint density at radius 1 is 1.19 bits per heavy atom. The standard InChI is InChI=1S/C22H19ClN5O2.ClH/c23-18-2-1-3-20(10-18)28(14-17-6-4-16(11-24)5-7-17)9-8-27(21(29)22(28)30)13-19-12-25-15-26-19;/h1-7,10,12,15H,8-9,13-14H2,(H,25,26);1H/q+1;. The Morgan fingerprint density at radius 2 is 1.97 bits per heavy atom. The monoisotopic (exact) mass is 456 g/mol. The molecule has 1 fully saturated rings. The summed E-state index contributed by atoms with van der Waals surface area (Å²) < 4.78 is -0.148. The van der Waals surface area contributed by atoms with E-state index in [1.807, 2.05) is 18.2 Å². The van der Waals surface area contributed by atoms with Gasteiger partial charge in [-0.3, -0.25) is 4.79 Å². The van der Waals surface area contributed by atoms with Crippen molar-refractivity contribution in [2.45, 2.75) is 13.1 Å². The minimum atomic E-state index is -0.538. The van der Waals surface area contributed by atoms with Gasteiger partial charge in [-0.05, 0) is 24.3 Å². The van der Waals surface area contributed by atoms with Gasteiger partial charge in [0.15, 0.2) is 0 Å². The largest absolute Gasteiger partial charge is 0.409 e. The molecule has 9 heteroatoms. The lowest BCUT2D eigenvalue weighted by Crippen LogP contribution is -2.66. The number of nitrogens with zero attached hydrogens (tertiary/aromatic N) is 4. The van der Waals surface area contributed by atoms with Crippen LogP contribution in [0.1, 0.15) is 16.8 Å². The highest BCUT2D eigenvalue weighted by atomic mass is 35.5. The number of amides is 2. The number of aromatic amines is 1. The molecule has 0 bridgehead atoms. The molecule has 2 aromatic carbocycles. The number of nitrogens with one attached hydrogen (secondary N) is 1. The second-order valence-corrected chi connectivity index (χ2v) is 7.68. The smallest absolute Gasteiger partial charge is 0.347 e. The second-order valence-electron chi connectivity index (χ2n) is 7.25. The number of hydrogen-bond acceptors (Lipinski definition) is 4. The lowest BCUT2D eigenvalue weighted by molar-refractivity contribution is -0.156. The van der Waals surface area contributed by atoms with Crippen LogP contribution in [-0.4, -0.2) is 39.8 Å². The Bertz CT molecular complexity index is 1130. The van der Waals surface area contributed by atoms with Gasteiger partial charge in [-0.15, -0.1) is 12.4 Å². The first-order chi connectivity index (χ1) is 14.5. The third kappa shape index (κ3) is 4.47. The fourth-order valence-electron chi connectivity index (χ4n) is 3.77. The van der Waals surface area contributed by atoms with Crippen LogP contribution in [0.5, 0.6) is 0 Å². The number of hydrogen-bond donors (Lipinski definition) is 1. The van der Waals surface area contributed by atoms with E-state index in [1.165, 1.54) is 4.90 Å². The van der Waals surface area contributed by atoms with Gasteiger partial charge in [0.2, 0.25) is 0 Å². The maximum atomic E-state index is 13.5. The Hall–Kier alpha value is -3.18. The first-order valence-electron chi connectivity index (χ1n) is 9.45. The molecule has 1 aromatic heterocycles.